The van der Waals surface area contributed by atoms with E-state index in [0.717, 1.165) is 76.4 Å². The van der Waals surface area contributed by atoms with Gasteiger partial charge in [-0.1, -0.05) is 109 Å². The monoisotopic (exact) mass is 548 g/mol. The number of hydrogen-bond acceptors (Lipinski definition) is 4. The van der Waals surface area contributed by atoms with E-state index in [1.54, 1.807) is 0 Å². The van der Waals surface area contributed by atoms with Crippen molar-refractivity contribution in [3.8, 4) is 44.8 Å². The second kappa shape index (κ2) is 10.3. The molecule has 0 unspecified atom stereocenters. The first kappa shape index (κ1) is 24.6. The fourth-order valence-corrected chi connectivity index (χ4v) is 5.89. The standard InChI is InChI=1S/C36H24N2S2/c39-33-17-9-7-15-27(33)31-21-29(23-11-3-1-4-12-23)25-19-20-26-30(24-13-5-2-6-14-24)22-32(38-36(26)35(25)37-31)28-16-8-10-18-34(28)40/h1-22,39-40H. The summed E-state index contributed by atoms with van der Waals surface area (Å²) in [5.41, 5.74) is 9.93. The summed E-state index contributed by atoms with van der Waals surface area (Å²) in [7, 11) is 0. The summed E-state index contributed by atoms with van der Waals surface area (Å²) in [5, 5.41) is 2.11. The van der Waals surface area contributed by atoms with E-state index in [0.29, 0.717) is 0 Å². The number of nitrogens with zero attached hydrogens (tertiary/aromatic N) is 2. The van der Waals surface area contributed by atoms with E-state index in [1.165, 1.54) is 0 Å². The third-order valence-electron chi connectivity index (χ3n) is 7.29. The smallest absolute Gasteiger partial charge is 0.0978 e. The van der Waals surface area contributed by atoms with Gasteiger partial charge >= 0.3 is 0 Å². The number of fused-ring (bicyclic) bond motifs is 3. The summed E-state index contributed by atoms with van der Waals surface area (Å²) in [5.74, 6) is 0. The first-order valence-corrected chi connectivity index (χ1v) is 14.0. The number of pyridine rings is 2. The summed E-state index contributed by atoms with van der Waals surface area (Å²) in [6, 6.07) is 45.9. The van der Waals surface area contributed by atoms with Gasteiger partial charge in [0, 0.05) is 31.7 Å². The highest BCUT2D eigenvalue weighted by Crippen LogP contribution is 2.40. The molecule has 0 radical (unpaired) electrons. The molecule has 0 atom stereocenters. The minimum atomic E-state index is 0.862. The van der Waals surface area contributed by atoms with E-state index in [9.17, 15) is 0 Å². The third-order valence-corrected chi connectivity index (χ3v) is 8.07. The molecule has 0 saturated carbocycles. The molecule has 0 spiro atoms. The molecule has 40 heavy (non-hydrogen) atoms. The fourth-order valence-electron chi connectivity index (χ4n) is 5.34. The van der Waals surface area contributed by atoms with Gasteiger partial charge in [-0.3, -0.25) is 0 Å². The summed E-state index contributed by atoms with van der Waals surface area (Å²) in [4.78, 5) is 12.3. The van der Waals surface area contributed by atoms with Crippen molar-refractivity contribution < 1.29 is 0 Å². The molecule has 0 amide bonds. The minimum absolute atomic E-state index is 0.862. The SMILES string of the molecule is Sc1ccccc1-c1cc(-c2ccccc2)c2ccc3c(-c4ccccc4)cc(-c4ccccc4S)nc3c2n1. The Morgan fingerprint density at radius 1 is 0.375 bits per heavy atom. The van der Waals surface area contributed by atoms with Gasteiger partial charge in [-0.05, 0) is 46.5 Å². The predicted octanol–water partition coefficient (Wildman–Crippen LogP) is 10.0. The fraction of sp³-hybridized carbons (Fsp3) is 0. The first-order valence-electron chi connectivity index (χ1n) is 13.1. The lowest BCUT2D eigenvalue weighted by Gasteiger charge is -2.16. The molecule has 0 aliphatic rings. The minimum Gasteiger partial charge on any atom is -0.245 e. The molecule has 0 aliphatic heterocycles. The Bertz CT molecular complexity index is 1870. The van der Waals surface area contributed by atoms with Crippen LogP contribution in [0.1, 0.15) is 0 Å². The van der Waals surface area contributed by atoms with Gasteiger partial charge in [0.1, 0.15) is 0 Å². The van der Waals surface area contributed by atoms with Crippen molar-refractivity contribution in [3.05, 3.63) is 133 Å². The number of aromatic nitrogens is 2. The van der Waals surface area contributed by atoms with Crippen LogP contribution in [-0.2, 0) is 0 Å². The number of hydrogen-bond donors (Lipinski definition) is 2. The zero-order valence-electron chi connectivity index (χ0n) is 21.5. The van der Waals surface area contributed by atoms with Gasteiger partial charge in [0.2, 0.25) is 0 Å². The summed E-state index contributed by atoms with van der Waals surface area (Å²) >= 11 is 9.55. The van der Waals surface area contributed by atoms with Crippen molar-refractivity contribution in [3.63, 3.8) is 0 Å². The molecule has 0 fully saturated rings. The van der Waals surface area contributed by atoms with Crippen LogP contribution in [0.5, 0.6) is 0 Å². The maximum atomic E-state index is 5.28. The summed E-state index contributed by atoms with van der Waals surface area (Å²) < 4.78 is 0. The Morgan fingerprint density at radius 3 is 1.15 bits per heavy atom. The quantitative estimate of drug-likeness (QED) is 0.169. The topological polar surface area (TPSA) is 25.8 Å². The highest BCUT2D eigenvalue weighted by molar-refractivity contribution is 7.80. The molecule has 4 heteroatoms. The second-order valence-corrected chi connectivity index (χ2v) is 10.7. The van der Waals surface area contributed by atoms with E-state index < -0.39 is 0 Å². The summed E-state index contributed by atoms with van der Waals surface area (Å²) in [6.45, 7) is 0. The van der Waals surface area contributed by atoms with Gasteiger partial charge in [-0.2, -0.15) is 0 Å². The molecule has 7 aromatic rings. The van der Waals surface area contributed by atoms with Gasteiger partial charge in [0.25, 0.3) is 0 Å². The van der Waals surface area contributed by atoms with Crippen molar-refractivity contribution in [1.29, 1.82) is 0 Å². The van der Waals surface area contributed by atoms with E-state index >= 15 is 0 Å². The first-order chi connectivity index (χ1) is 19.7. The van der Waals surface area contributed by atoms with Crippen LogP contribution >= 0.6 is 25.3 Å². The van der Waals surface area contributed by atoms with E-state index in [4.69, 9.17) is 35.2 Å². The Kier molecular flexibility index (Phi) is 6.35. The molecule has 7 rings (SSSR count). The molecule has 2 heterocycles. The van der Waals surface area contributed by atoms with Crippen LogP contribution < -0.4 is 0 Å². The average molecular weight is 549 g/mol. The zero-order valence-corrected chi connectivity index (χ0v) is 23.3. The molecular weight excluding hydrogens is 525 g/mol. The predicted molar refractivity (Wildman–Crippen MR) is 173 cm³/mol. The second-order valence-electron chi connectivity index (χ2n) is 9.73. The lowest BCUT2D eigenvalue weighted by atomic mass is 9.94. The Balaban J connectivity index is 1.63. The molecule has 2 aromatic heterocycles. The molecule has 0 N–H and O–H groups in total. The Hall–Kier alpha value is -4.38. The maximum Gasteiger partial charge on any atom is 0.0978 e. The van der Waals surface area contributed by atoms with Gasteiger partial charge in [0.15, 0.2) is 0 Å². The lowest BCUT2D eigenvalue weighted by Crippen LogP contribution is -1.96. The van der Waals surface area contributed by atoms with Crippen LogP contribution in [0, 0.1) is 0 Å². The van der Waals surface area contributed by atoms with Crippen molar-refractivity contribution in [2.24, 2.45) is 0 Å². The molecular formula is C36H24N2S2. The van der Waals surface area contributed by atoms with Crippen LogP contribution in [-0.4, -0.2) is 9.97 Å². The Labute approximate surface area is 244 Å². The molecule has 2 nitrogen and oxygen atoms in total. The molecule has 0 saturated heterocycles. The van der Waals surface area contributed by atoms with Gasteiger partial charge in [-0.25, -0.2) is 9.97 Å². The molecule has 190 valence electrons. The van der Waals surface area contributed by atoms with E-state index in [1.807, 2.05) is 48.5 Å². The average Bonchev–Trinajstić information content (AvgIpc) is 3.01. The summed E-state index contributed by atoms with van der Waals surface area (Å²) in [6.07, 6.45) is 0. The van der Waals surface area contributed by atoms with Crippen molar-refractivity contribution >= 4 is 47.1 Å². The van der Waals surface area contributed by atoms with Crippen molar-refractivity contribution in [2.75, 3.05) is 0 Å². The van der Waals surface area contributed by atoms with Crippen LogP contribution in [0.3, 0.4) is 0 Å². The van der Waals surface area contributed by atoms with Gasteiger partial charge in [-0.15, -0.1) is 25.3 Å². The number of thiol groups is 2. The van der Waals surface area contributed by atoms with Crippen molar-refractivity contribution in [1.82, 2.24) is 9.97 Å². The molecule has 0 aliphatic carbocycles. The van der Waals surface area contributed by atoms with Gasteiger partial charge in [0.05, 0.1) is 22.4 Å². The van der Waals surface area contributed by atoms with Gasteiger partial charge < -0.3 is 0 Å². The molecule has 0 bridgehead atoms. The van der Waals surface area contributed by atoms with Crippen LogP contribution in [0.4, 0.5) is 0 Å². The Morgan fingerprint density at radius 2 is 0.750 bits per heavy atom. The normalized spacial score (nSPS) is 11.2. The lowest BCUT2D eigenvalue weighted by molar-refractivity contribution is 1.32. The third kappa shape index (κ3) is 4.36. The van der Waals surface area contributed by atoms with Crippen LogP contribution in [0.15, 0.2) is 143 Å². The number of benzene rings is 5. The number of rotatable bonds is 4. The van der Waals surface area contributed by atoms with Crippen molar-refractivity contribution in [2.45, 2.75) is 9.79 Å². The highest BCUT2D eigenvalue weighted by atomic mass is 32.1. The van der Waals surface area contributed by atoms with Crippen LogP contribution in [0.2, 0.25) is 0 Å². The highest BCUT2D eigenvalue weighted by Gasteiger charge is 2.18. The van der Waals surface area contributed by atoms with Crippen LogP contribution in [0.25, 0.3) is 66.6 Å². The maximum absolute atomic E-state index is 5.28. The van der Waals surface area contributed by atoms with E-state index in [2.05, 4.69) is 84.9 Å². The molecule has 5 aromatic carbocycles. The van der Waals surface area contributed by atoms with E-state index in [-0.39, 0.29) is 0 Å². The largest absolute Gasteiger partial charge is 0.245 e. The zero-order chi connectivity index (χ0) is 27.1.